The number of hydrogen-bond acceptors (Lipinski definition) is 8. The van der Waals surface area contributed by atoms with Crippen LogP contribution in [0.4, 0.5) is 11.4 Å². The topological polar surface area (TPSA) is 88.0 Å². The van der Waals surface area contributed by atoms with E-state index in [1.54, 1.807) is 6.08 Å². The van der Waals surface area contributed by atoms with E-state index in [9.17, 15) is 4.79 Å². The highest BCUT2D eigenvalue weighted by atomic mass is 28.3. The molecule has 48 heavy (non-hydrogen) atoms. The first-order valence-corrected chi connectivity index (χ1v) is 20.8. The van der Waals surface area contributed by atoms with Gasteiger partial charge in [-0.1, -0.05) is 43.9 Å². The molecule has 0 unspecified atom stereocenters. The first kappa shape index (κ1) is 33.9. The molecule has 1 aliphatic heterocycles. The van der Waals surface area contributed by atoms with Gasteiger partial charge in [0.1, 0.15) is 24.5 Å². The second-order valence-corrected chi connectivity index (χ2v) is 19.9. The van der Waals surface area contributed by atoms with Crippen LogP contribution < -0.4 is 15.0 Å². The SMILES string of the molecule is CN1CCN(c2ccc(-c3cc4c(Oc5cccc(NC(=O)C=CCN(C)C6CC6)c5)ncnc4n3COCC[Si](C)(C)C)cc2)CC1. The molecule has 2 fully saturated rings. The molecule has 254 valence electrons. The van der Waals surface area contributed by atoms with Crippen LogP contribution in [0.3, 0.4) is 0 Å². The Labute approximate surface area is 285 Å². The summed E-state index contributed by atoms with van der Waals surface area (Å²) in [5.41, 5.74) is 4.70. The average Bonchev–Trinajstić information content (AvgIpc) is 3.85. The van der Waals surface area contributed by atoms with Crippen molar-refractivity contribution >= 4 is 36.4 Å². The molecule has 2 aromatic carbocycles. The smallest absolute Gasteiger partial charge is 0.248 e. The maximum absolute atomic E-state index is 12.6. The number of anilines is 2. The molecule has 4 aromatic rings. The fourth-order valence-electron chi connectivity index (χ4n) is 5.86. The van der Waals surface area contributed by atoms with E-state index in [0.29, 0.717) is 36.7 Å². The quantitative estimate of drug-likeness (QED) is 0.0922. The summed E-state index contributed by atoms with van der Waals surface area (Å²) in [7, 11) is 3.03. The number of hydrogen-bond donors (Lipinski definition) is 1. The lowest BCUT2D eigenvalue weighted by atomic mass is 10.1. The lowest BCUT2D eigenvalue weighted by Crippen LogP contribution is -2.44. The van der Waals surface area contributed by atoms with Crippen LogP contribution >= 0.6 is 0 Å². The van der Waals surface area contributed by atoms with E-state index >= 15 is 0 Å². The van der Waals surface area contributed by atoms with Gasteiger partial charge >= 0.3 is 0 Å². The highest BCUT2D eigenvalue weighted by Crippen LogP contribution is 2.35. The number of amides is 1. The molecule has 11 heteroatoms. The van der Waals surface area contributed by atoms with Crippen molar-refractivity contribution in [2.24, 2.45) is 0 Å². The van der Waals surface area contributed by atoms with Crippen LogP contribution in [0.15, 0.2) is 73.1 Å². The highest BCUT2D eigenvalue weighted by molar-refractivity contribution is 6.76. The Morgan fingerprint density at radius 1 is 1.04 bits per heavy atom. The zero-order chi connectivity index (χ0) is 33.7. The maximum atomic E-state index is 12.6. The van der Waals surface area contributed by atoms with Gasteiger partial charge in [0.2, 0.25) is 11.8 Å². The molecule has 2 aliphatic rings. The Kier molecular flexibility index (Phi) is 10.6. The van der Waals surface area contributed by atoms with Crippen molar-refractivity contribution in [2.75, 3.05) is 63.6 Å². The molecular formula is C37H49N7O3Si. The third-order valence-electron chi connectivity index (χ3n) is 9.05. The summed E-state index contributed by atoms with van der Waals surface area (Å²) in [5, 5.41) is 3.74. The number of likely N-dealkylation sites (N-methyl/N-ethyl adjacent to an activating group) is 2. The van der Waals surface area contributed by atoms with Crippen LogP contribution in [0.1, 0.15) is 12.8 Å². The first-order valence-electron chi connectivity index (χ1n) is 17.0. The lowest BCUT2D eigenvalue weighted by Gasteiger charge is -2.34. The lowest BCUT2D eigenvalue weighted by molar-refractivity contribution is -0.111. The fourth-order valence-corrected chi connectivity index (χ4v) is 6.61. The van der Waals surface area contributed by atoms with Crippen molar-refractivity contribution in [2.45, 2.75) is 51.3 Å². The number of benzene rings is 2. The van der Waals surface area contributed by atoms with Crippen molar-refractivity contribution in [3.63, 3.8) is 0 Å². The molecule has 1 amide bonds. The zero-order valence-corrected chi connectivity index (χ0v) is 30.0. The minimum Gasteiger partial charge on any atom is -0.438 e. The number of ether oxygens (including phenoxy) is 2. The third-order valence-corrected chi connectivity index (χ3v) is 10.8. The van der Waals surface area contributed by atoms with Crippen molar-refractivity contribution in [1.82, 2.24) is 24.3 Å². The van der Waals surface area contributed by atoms with Gasteiger partial charge in [-0.05, 0) is 68.9 Å². The second-order valence-electron chi connectivity index (χ2n) is 14.3. The van der Waals surface area contributed by atoms with Gasteiger partial charge < -0.3 is 29.2 Å². The van der Waals surface area contributed by atoms with Gasteiger partial charge in [0, 0.05) is 77.0 Å². The van der Waals surface area contributed by atoms with E-state index in [1.165, 1.54) is 24.9 Å². The monoisotopic (exact) mass is 667 g/mol. The number of piperazine rings is 1. The third kappa shape index (κ3) is 8.90. The Hall–Kier alpha value is -4.03. The van der Waals surface area contributed by atoms with Crippen LogP contribution in [0, 0.1) is 0 Å². The Morgan fingerprint density at radius 3 is 2.54 bits per heavy atom. The van der Waals surface area contributed by atoms with Gasteiger partial charge in [0.15, 0.2) is 0 Å². The van der Waals surface area contributed by atoms with Gasteiger partial charge in [-0.15, -0.1) is 0 Å². The van der Waals surface area contributed by atoms with Crippen molar-refractivity contribution in [1.29, 1.82) is 0 Å². The van der Waals surface area contributed by atoms with Gasteiger partial charge in [-0.3, -0.25) is 9.69 Å². The van der Waals surface area contributed by atoms with Crippen molar-refractivity contribution in [3.05, 3.63) is 73.1 Å². The summed E-state index contributed by atoms with van der Waals surface area (Å²) in [4.78, 5) is 28.9. The van der Waals surface area contributed by atoms with Crippen molar-refractivity contribution < 1.29 is 14.3 Å². The molecule has 0 spiro atoms. The largest absolute Gasteiger partial charge is 0.438 e. The summed E-state index contributed by atoms with van der Waals surface area (Å²) in [6.45, 7) is 13.1. The summed E-state index contributed by atoms with van der Waals surface area (Å²) in [5.74, 6) is 0.848. The maximum Gasteiger partial charge on any atom is 0.248 e. The van der Waals surface area contributed by atoms with Gasteiger partial charge in [-0.2, -0.15) is 0 Å². The predicted octanol–water partition coefficient (Wildman–Crippen LogP) is 6.54. The van der Waals surface area contributed by atoms with Crippen LogP contribution in [0.2, 0.25) is 25.7 Å². The second kappa shape index (κ2) is 15.0. The minimum atomic E-state index is -1.24. The summed E-state index contributed by atoms with van der Waals surface area (Å²) >= 11 is 0. The molecule has 0 radical (unpaired) electrons. The number of fused-ring (bicyclic) bond motifs is 1. The van der Waals surface area contributed by atoms with Gasteiger partial charge in [-0.25, -0.2) is 9.97 Å². The van der Waals surface area contributed by atoms with Gasteiger partial charge in [0.05, 0.1) is 11.1 Å². The van der Waals surface area contributed by atoms with E-state index in [4.69, 9.17) is 9.47 Å². The molecular weight excluding hydrogens is 619 g/mol. The Morgan fingerprint density at radius 2 is 1.81 bits per heavy atom. The standard InChI is InChI=1S/C37H49N7O3Si/c1-41-18-20-43(21-19-41)31-13-11-28(12-14-31)34-25-33-36(44(34)27-46-22-23-48(3,4)5)38-26-39-37(33)47-32-9-6-8-29(24-32)40-35(45)10-7-17-42(2)30-15-16-30/h6-14,24-26,30H,15-23,27H2,1-5H3,(H,40,45). The predicted molar refractivity (Wildman–Crippen MR) is 197 cm³/mol. The fraction of sp³-hybridized carbons (Fsp3) is 0.432. The summed E-state index contributed by atoms with van der Waals surface area (Å²) in [6.07, 6.45) is 7.51. The number of nitrogens with zero attached hydrogens (tertiary/aromatic N) is 6. The van der Waals surface area contributed by atoms with E-state index in [0.717, 1.165) is 61.1 Å². The first-order chi connectivity index (χ1) is 23.1. The van der Waals surface area contributed by atoms with E-state index in [2.05, 4.69) is 98.6 Å². The number of carbonyl (C=O) groups is 1. The van der Waals surface area contributed by atoms with Gasteiger partial charge in [0.25, 0.3) is 0 Å². The molecule has 2 aromatic heterocycles. The normalized spacial score (nSPS) is 15.9. The van der Waals surface area contributed by atoms with E-state index < -0.39 is 8.07 Å². The summed E-state index contributed by atoms with van der Waals surface area (Å²) in [6, 6.07) is 20.0. The van der Waals surface area contributed by atoms with Crippen LogP contribution in [-0.4, -0.2) is 97.8 Å². The molecule has 1 saturated carbocycles. The number of carbonyl (C=O) groups excluding carboxylic acids is 1. The minimum absolute atomic E-state index is 0.171. The number of rotatable bonds is 14. The molecule has 1 aliphatic carbocycles. The molecule has 1 N–H and O–H groups in total. The Bertz CT molecular complexity index is 1720. The average molecular weight is 668 g/mol. The number of nitrogens with one attached hydrogen (secondary N) is 1. The molecule has 0 atom stereocenters. The molecule has 3 heterocycles. The van der Waals surface area contributed by atoms with Crippen LogP contribution in [0.25, 0.3) is 22.3 Å². The summed E-state index contributed by atoms with van der Waals surface area (Å²) < 4.78 is 14.7. The molecule has 0 bridgehead atoms. The van der Waals surface area contributed by atoms with Crippen LogP contribution in [0.5, 0.6) is 11.6 Å². The molecule has 6 rings (SSSR count). The number of aromatic nitrogens is 3. The van der Waals surface area contributed by atoms with E-state index in [-0.39, 0.29) is 5.91 Å². The zero-order valence-electron chi connectivity index (χ0n) is 29.0. The molecule has 10 nitrogen and oxygen atoms in total. The highest BCUT2D eigenvalue weighted by Gasteiger charge is 2.25. The van der Waals surface area contributed by atoms with Crippen molar-refractivity contribution in [3.8, 4) is 22.9 Å². The Balaban J connectivity index is 1.22. The van der Waals surface area contributed by atoms with Crippen LogP contribution in [-0.2, 0) is 16.3 Å². The van der Waals surface area contributed by atoms with E-state index in [1.807, 2.05) is 30.3 Å². The molecule has 1 saturated heterocycles.